The first-order valence-electron chi connectivity index (χ1n) is 9.47. The highest BCUT2D eigenvalue weighted by Gasteiger charge is 2.19. The molecule has 0 atom stereocenters. The number of aryl methyl sites for hydroxylation is 1. The Hall–Kier alpha value is -2.38. The number of hydrogen-bond donors (Lipinski definition) is 1. The van der Waals surface area contributed by atoms with E-state index in [1.54, 1.807) is 6.07 Å². The number of nitrogens with one attached hydrogen (secondary N) is 1. The van der Waals surface area contributed by atoms with Crippen LogP contribution in [-0.2, 0) is 20.2 Å². The van der Waals surface area contributed by atoms with Crippen LogP contribution in [0.2, 0.25) is 0 Å². The Kier molecular flexibility index (Phi) is 7.08. The zero-order valence-electron chi connectivity index (χ0n) is 17.9. The second-order valence-corrected chi connectivity index (χ2v) is 10.3. The van der Waals surface area contributed by atoms with E-state index in [4.69, 9.17) is 4.74 Å². The maximum atomic E-state index is 12.3. The van der Waals surface area contributed by atoms with E-state index in [1.165, 1.54) is 31.8 Å². The summed E-state index contributed by atoms with van der Waals surface area (Å²) in [6.07, 6.45) is 0.158. The first-order chi connectivity index (χ1) is 13.4. The highest BCUT2D eigenvalue weighted by molar-refractivity contribution is 7.89. The molecule has 0 aliphatic rings. The molecule has 1 N–H and O–H groups in total. The summed E-state index contributed by atoms with van der Waals surface area (Å²) in [5.74, 6) is 0.472. The summed E-state index contributed by atoms with van der Waals surface area (Å²) in [6.45, 7) is 8.49. The minimum atomic E-state index is -3.56. The van der Waals surface area contributed by atoms with Crippen LogP contribution < -0.4 is 10.1 Å². The molecular formula is C22H30N2O4S. The summed E-state index contributed by atoms with van der Waals surface area (Å²) in [5, 5.41) is 2.78. The van der Waals surface area contributed by atoms with E-state index < -0.39 is 10.0 Å². The maximum Gasteiger partial charge on any atom is 0.242 e. The summed E-state index contributed by atoms with van der Waals surface area (Å²) < 4.78 is 31.4. The van der Waals surface area contributed by atoms with Gasteiger partial charge in [0.15, 0.2) is 0 Å². The Morgan fingerprint density at radius 3 is 2.24 bits per heavy atom. The Morgan fingerprint density at radius 2 is 1.69 bits per heavy atom. The van der Waals surface area contributed by atoms with E-state index in [0.29, 0.717) is 11.4 Å². The lowest BCUT2D eigenvalue weighted by Crippen LogP contribution is -2.22. The van der Waals surface area contributed by atoms with Crippen molar-refractivity contribution < 1.29 is 17.9 Å². The van der Waals surface area contributed by atoms with Crippen molar-refractivity contribution in [3.63, 3.8) is 0 Å². The predicted octanol–water partition coefficient (Wildman–Crippen LogP) is 3.95. The fourth-order valence-electron chi connectivity index (χ4n) is 2.63. The van der Waals surface area contributed by atoms with E-state index in [1.807, 2.05) is 31.2 Å². The number of sulfonamides is 1. The second-order valence-electron chi connectivity index (χ2n) is 8.19. The van der Waals surface area contributed by atoms with Crippen molar-refractivity contribution in [1.29, 1.82) is 0 Å². The summed E-state index contributed by atoms with van der Waals surface area (Å²) in [7, 11) is -0.620. The van der Waals surface area contributed by atoms with Crippen LogP contribution in [0.4, 0.5) is 5.69 Å². The van der Waals surface area contributed by atoms with Gasteiger partial charge in [-0.05, 0) is 47.7 Å². The molecule has 0 heterocycles. The van der Waals surface area contributed by atoms with E-state index >= 15 is 0 Å². The van der Waals surface area contributed by atoms with Crippen molar-refractivity contribution >= 4 is 21.6 Å². The number of anilines is 1. The van der Waals surface area contributed by atoms with Crippen LogP contribution in [0.3, 0.4) is 0 Å². The number of carbonyl (C=O) groups is 1. The molecule has 0 unspecified atom stereocenters. The van der Waals surface area contributed by atoms with Gasteiger partial charge in [-0.1, -0.05) is 39.0 Å². The van der Waals surface area contributed by atoms with Gasteiger partial charge in [-0.15, -0.1) is 0 Å². The molecule has 0 fully saturated rings. The molecule has 2 aromatic carbocycles. The van der Waals surface area contributed by atoms with Crippen LogP contribution in [0.15, 0.2) is 47.4 Å². The van der Waals surface area contributed by atoms with Crippen molar-refractivity contribution in [2.24, 2.45) is 0 Å². The van der Waals surface area contributed by atoms with Crippen LogP contribution >= 0.6 is 0 Å². The Balaban J connectivity index is 1.96. The van der Waals surface area contributed by atoms with E-state index in [9.17, 15) is 13.2 Å². The first kappa shape index (κ1) is 22.9. The van der Waals surface area contributed by atoms with Crippen molar-refractivity contribution in [3.05, 3.63) is 53.6 Å². The molecule has 6 nitrogen and oxygen atoms in total. The van der Waals surface area contributed by atoms with Crippen LogP contribution in [0.25, 0.3) is 0 Å². The van der Waals surface area contributed by atoms with Crippen LogP contribution in [0, 0.1) is 6.92 Å². The largest absolute Gasteiger partial charge is 0.493 e. The molecule has 158 valence electrons. The number of benzene rings is 2. The molecule has 2 rings (SSSR count). The van der Waals surface area contributed by atoms with Gasteiger partial charge in [-0.3, -0.25) is 4.79 Å². The average molecular weight is 419 g/mol. The summed E-state index contributed by atoms with van der Waals surface area (Å²) >= 11 is 0. The van der Waals surface area contributed by atoms with Gasteiger partial charge < -0.3 is 10.1 Å². The van der Waals surface area contributed by atoms with E-state index in [2.05, 4.69) is 26.1 Å². The Morgan fingerprint density at radius 1 is 1.07 bits per heavy atom. The number of rotatable bonds is 7. The molecule has 0 saturated carbocycles. The quantitative estimate of drug-likeness (QED) is 0.739. The molecule has 0 radical (unpaired) electrons. The number of hydrogen-bond acceptors (Lipinski definition) is 4. The molecule has 2 aromatic rings. The Labute approximate surface area is 173 Å². The van der Waals surface area contributed by atoms with Crippen molar-refractivity contribution in [2.75, 3.05) is 26.0 Å². The monoisotopic (exact) mass is 418 g/mol. The topological polar surface area (TPSA) is 75.7 Å². The maximum absolute atomic E-state index is 12.3. The molecule has 0 aliphatic carbocycles. The first-order valence-corrected chi connectivity index (χ1v) is 10.9. The summed E-state index contributed by atoms with van der Waals surface area (Å²) in [5.41, 5.74) is 2.55. The molecular weight excluding hydrogens is 388 g/mol. The molecule has 29 heavy (non-hydrogen) atoms. The van der Waals surface area contributed by atoms with Crippen LogP contribution in [0.5, 0.6) is 5.75 Å². The highest BCUT2D eigenvalue weighted by atomic mass is 32.2. The molecule has 0 aromatic heterocycles. The van der Waals surface area contributed by atoms with Gasteiger partial charge in [-0.25, -0.2) is 12.7 Å². The highest BCUT2D eigenvalue weighted by Crippen LogP contribution is 2.25. The van der Waals surface area contributed by atoms with Gasteiger partial charge >= 0.3 is 0 Å². The van der Waals surface area contributed by atoms with E-state index in [0.717, 1.165) is 9.87 Å². The smallest absolute Gasteiger partial charge is 0.242 e. The van der Waals surface area contributed by atoms with Gasteiger partial charge in [0, 0.05) is 19.8 Å². The standard InChI is InChI=1S/C22H30N2O4S/c1-16-7-12-19(29(26,27)24(5)6)15-20(16)23-21(25)13-14-28-18-10-8-17(9-11-18)22(2,3)4/h7-12,15H,13-14H2,1-6H3,(H,23,25). The van der Waals surface area contributed by atoms with Gasteiger partial charge in [0.2, 0.25) is 15.9 Å². The SMILES string of the molecule is Cc1ccc(S(=O)(=O)N(C)C)cc1NC(=O)CCOc1ccc(C(C)(C)C)cc1. The lowest BCUT2D eigenvalue weighted by molar-refractivity contribution is -0.116. The minimum Gasteiger partial charge on any atom is -0.493 e. The molecule has 1 amide bonds. The molecule has 0 saturated heterocycles. The van der Waals surface area contributed by atoms with Crippen molar-refractivity contribution in [2.45, 2.75) is 44.4 Å². The van der Waals surface area contributed by atoms with Gasteiger partial charge in [-0.2, -0.15) is 0 Å². The number of ether oxygens (including phenoxy) is 1. The van der Waals surface area contributed by atoms with Crippen molar-refractivity contribution in [1.82, 2.24) is 4.31 Å². The zero-order chi connectivity index (χ0) is 21.8. The second kappa shape index (κ2) is 8.97. The molecule has 0 bridgehead atoms. The minimum absolute atomic E-state index is 0.0743. The van der Waals surface area contributed by atoms with Crippen molar-refractivity contribution in [3.8, 4) is 5.75 Å². The average Bonchev–Trinajstić information content (AvgIpc) is 2.63. The van der Waals surface area contributed by atoms with Gasteiger partial charge in [0.05, 0.1) is 17.9 Å². The number of amides is 1. The molecule has 0 spiro atoms. The number of nitrogens with zero attached hydrogens (tertiary/aromatic N) is 1. The summed E-state index contributed by atoms with van der Waals surface area (Å²) in [4.78, 5) is 12.4. The zero-order valence-corrected chi connectivity index (χ0v) is 18.8. The fourth-order valence-corrected chi connectivity index (χ4v) is 3.56. The van der Waals surface area contributed by atoms with Gasteiger partial charge in [0.25, 0.3) is 0 Å². The Bertz CT molecular complexity index is 959. The van der Waals surface area contributed by atoms with Crippen LogP contribution in [-0.4, -0.2) is 39.3 Å². The third-order valence-electron chi connectivity index (χ3n) is 4.58. The predicted molar refractivity (Wildman–Crippen MR) is 116 cm³/mol. The van der Waals surface area contributed by atoms with Crippen LogP contribution in [0.1, 0.15) is 38.3 Å². The number of carbonyl (C=O) groups excluding carboxylic acids is 1. The lowest BCUT2D eigenvalue weighted by Gasteiger charge is -2.19. The van der Waals surface area contributed by atoms with E-state index in [-0.39, 0.29) is 29.2 Å². The third kappa shape index (κ3) is 6.05. The summed E-state index contributed by atoms with van der Waals surface area (Å²) in [6, 6.07) is 12.5. The lowest BCUT2D eigenvalue weighted by atomic mass is 9.87. The van der Waals surface area contributed by atoms with Gasteiger partial charge in [0.1, 0.15) is 5.75 Å². The fraction of sp³-hybridized carbons (Fsp3) is 0.409. The molecule has 0 aliphatic heterocycles. The molecule has 7 heteroatoms. The normalized spacial score (nSPS) is 12.1. The third-order valence-corrected chi connectivity index (χ3v) is 6.39.